The van der Waals surface area contributed by atoms with Crippen LogP contribution < -0.4 is 10.4 Å². The van der Waals surface area contributed by atoms with Crippen molar-refractivity contribution in [1.29, 1.82) is 0 Å². The van der Waals surface area contributed by atoms with E-state index in [1.54, 1.807) is 0 Å². The van der Waals surface area contributed by atoms with Crippen LogP contribution in [0.2, 0.25) is 5.15 Å². The summed E-state index contributed by atoms with van der Waals surface area (Å²) in [5, 5.41) is 3.61. The van der Waals surface area contributed by atoms with Crippen molar-refractivity contribution in [3.63, 3.8) is 0 Å². The molecule has 2 aromatic rings. The molecule has 1 aromatic carbocycles. The lowest BCUT2D eigenvalue weighted by atomic mass is 10.1. The first-order valence-corrected chi connectivity index (χ1v) is 6.07. The van der Waals surface area contributed by atoms with Crippen molar-refractivity contribution >= 4 is 50.6 Å². The minimum absolute atomic E-state index is 0.483. The Morgan fingerprint density at radius 1 is 1.25 bits per heavy atom. The molecular formula is C12H10BrClN2. The van der Waals surface area contributed by atoms with Gasteiger partial charge in [0.2, 0.25) is 0 Å². The van der Waals surface area contributed by atoms with Gasteiger partial charge in [0.25, 0.3) is 0 Å². The molecule has 0 bridgehead atoms. The summed E-state index contributed by atoms with van der Waals surface area (Å²) in [6.45, 7) is 4.00. The Balaban J connectivity index is 3.13. The first-order valence-electron chi connectivity index (χ1n) is 4.90. The van der Waals surface area contributed by atoms with Crippen molar-refractivity contribution in [2.45, 2.75) is 13.8 Å². The zero-order chi connectivity index (χ0) is 11.7. The van der Waals surface area contributed by atoms with Crippen LogP contribution in [0.5, 0.6) is 0 Å². The second-order valence-corrected chi connectivity index (χ2v) is 4.48. The van der Waals surface area contributed by atoms with Crippen molar-refractivity contribution in [1.82, 2.24) is 9.97 Å². The minimum atomic E-state index is 0.483. The van der Waals surface area contributed by atoms with E-state index in [0.29, 0.717) is 5.15 Å². The van der Waals surface area contributed by atoms with E-state index in [9.17, 15) is 0 Å². The molecular weight excluding hydrogens is 288 g/mol. The number of fused-ring (bicyclic) bond motifs is 1. The molecule has 0 spiro atoms. The molecule has 2 nitrogen and oxygen atoms in total. The van der Waals surface area contributed by atoms with Crippen LogP contribution in [0.25, 0.3) is 23.1 Å². The van der Waals surface area contributed by atoms with Gasteiger partial charge in [0.15, 0.2) is 0 Å². The Bertz CT molecular complexity index is 665. The van der Waals surface area contributed by atoms with Gasteiger partial charge < -0.3 is 0 Å². The predicted octanol–water partition coefficient (Wildman–Crippen LogP) is 2.65. The third kappa shape index (κ3) is 1.74. The Hall–Kier alpha value is -0.930. The van der Waals surface area contributed by atoms with E-state index >= 15 is 0 Å². The molecule has 0 unspecified atom stereocenters. The van der Waals surface area contributed by atoms with E-state index in [-0.39, 0.29) is 0 Å². The zero-order valence-electron chi connectivity index (χ0n) is 8.96. The molecule has 0 atom stereocenters. The quantitative estimate of drug-likeness (QED) is 0.699. The lowest BCUT2D eigenvalue weighted by Gasteiger charge is -2.03. The Kier molecular flexibility index (Phi) is 3.26. The smallest absolute Gasteiger partial charge is 0.140 e. The number of aromatic nitrogens is 2. The number of rotatable bonds is 0. The molecule has 16 heavy (non-hydrogen) atoms. The summed E-state index contributed by atoms with van der Waals surface area (Å²) in [6.07, 6.45) is 5.57. The highest BCUT2D eigenvalue weighted by Gasteiger charge is 2.06. The number of hydrogen-bond donors (Lipinski definition) is 0. The van der Waals surface area contributed by atoms with Crippen LogP contribution in [0.3, 0.4) is 0 Å². The van der Waals surface area contributed by atoms with E-state index in [0.717, 1.165) is 25.8 Å². The molecule has 2 rings (SSSR count). The molecule has 0 aliphatic heterocycles. The molecule has 0 saturated carbocycles. The summed E-state index contributed by atoms with van der Waals surface area (Å²) in [5.74, 6) is 0. The van der Waals surface area contributed by atoms with Crippen LogP contribution in [0.1, 0.15) is 13.8 Å². The van der Waals surface area contributed by atoms with Gasteiger partial charge >= 0.3 is 0 Å². The zero-order valence-corrected chi connectivity index (χ0v) is 11.3. The Morgan fingerprint density at radius 3 is 2.62 bits per heavy atom. The van der Waals surface area contributed by atoms with Crippen molar-refractivity contribution in [3.05, 3.63) is 32.5 Å². The van der Waals surface area contributed by atoms with E-state index in [1.807, 2.05) is 26.0 Å². The summed E-state index contributed by atoms with van der Waals surface area (Å²) in [5.41, 5.74) is 0.846. The standard InChI is InChI=1S/C12H10BrClN2/c1-3-7-5-9-11(10(13)8(7)4-2)15-6-16-12(9)14/h3-6H,1-2H3/b7-3-,8-4+. The molecule has 0 radical (unpaired) electrons. The van der Waals surface area contributed by atoms with Gasteiger partial charge in [-0.3, -0.25) is 0 Å². The van der Waals surface area contributed by atoms with Crippen molar-refractivity contribution in [3.8, 4) is 0 Å². The third-order valence-corrected chi connectivity index (χ3v) is 3.59. The van der Waals surface area contributed by atoms with Crippen molar-refractivity contribution in [2.24, 2.45) is 0 Å². The predicted molar refractivity (Wildman–Crippen MR) is 71.8 cm³/mol. The summed E-state index contributed by atoms with van der Waals surface area (Å²) in [4.78, 5) is 8.24. The van der Waals surface area contributed by atoms with Gasteiger partial charge in [0.1, 0.15) is 11.5 Å². The number of halogens is 2. The van der Waals surface area contributed by atoms with Crippen molar-refractivity contribution in [2.75, 3.05) is 0 Å². The minimum Gasteiger partial charge on any atom is -0.235 e. The van der Waals surface area contributed by atoms with Gasteiger partial charge in [-0.25, -0.2) is 9.97 Å². The fraction of sp³-hybridized carbons (Fsp3) is 0.167. The summed E-state index contributed by atoms with van der Waals surface area (Å²) >= 11 is 9.63. The van der Waals surface area contributed by atoms with Crippen LogP contribution in [0.15, 0.2) is 16.9 Å². The van der Waals surface area contributed by atoms with Gasteiger partial charge in [0, 0.05) is 5.39 Å². The third-order valence-electron chi connectivity index (χ3n) is 2.49. The first-order chi connectivity index (χ1) is 7.69. The van der Waals surface area contributed by atoms with Crippen molar-refractivity contribution < 1.29 is 0 Å². The summed E-state index contributed by atoms with van der Waals surface area (Å²) < 4.78 is 0.963. The van der Waals surface area contributed by atoms with Crippen LogP contribution in [0, 0.1) is 0 Å². The summed E-state index contributed by atoms with van der Waals surface area (Å²) in [6, 6.07) is 2.01. The van der Waals surface area contributed by atoms with Gasteiger partial charge in [0.05, 0.1) is 9.99 Å². The number of nitrogens with zero attached hydrogens (tertiary/aromatic N) is 2. The lowest BCUT2D eigenvalue weighted by molar-refractivity contribution is 1.21. The van der Waals surface area contributed by atoms with Gasteiger partial charge in [-0.2, -0.15) is 0 Å². The average molecular weight is 298 g/mol. The maximum absolute atomic E-state index is 6.06. The molecule has 0 saturated heterocycles. The molecule has 0 fully saturated rings. The van der Waals surface area contributed by atoms with Gasteiger partial charge in [-0.05, 0) is 46.3 Å². The Labute approximate surface area is 107 Å². The molecule has 0 aliphatic rings. The maximum atomic E-state index is 6.06. The number of benzene rings is 1. The van der Waals surface area contributed by atoms with E-state index in [2.05, 4.69) is 32.0 Å². The molecule has 0 amide bonds. The lowest BCUT2D eigenvalue weighted by Crippen LogP contribution is -2.25. The largest absolute Gasteiger partial charge is 0.235 e. The second kappa shape index (κ2) is 4.52. The molecule has 82 valence electrons. The first kappa shape index (κ1) is 11.6. The van der Waals surface area contributed by atoms with Gasteiger partial charge in [-0.1, -0.05) is 23.8 Å². The van der Waals surface area contributed by atoms with E-state index < -0.39 is 0 Å². The topological polar surface area (TPSA) is 25.8 Å². The highest BCUT2D eigenvalue weighted by atomic mass is 79.9. The molecule has 4 heteroatoms. The SMILES string of the molecule is C/C=c1/cc2c(Cl)ncnc2c(Br)/c1=C/C. The summed E-state index contributed by atoms with van der Waals surface area (Å²) in [7, 11) is 0. The van der Waals surface area contributed by atoms with Crippen LogP contribution in [0.4, 0.5) is 0 Å². The highest BCUT2D eigenvalue weighted by molar-refractivity contribution is 9.10. The van der Waals surface area contributed by atoms with Gasteiger partial charge in [-0.15, -0.1) is 0 Å². The molecule has 0 aliphatic carbocycles. The van der Waals surface area contributed by atoms with Crippen LogP contribution in [-0.2, 0) is 0 Å². The fourth-order valence-corrected chi connectivity index (χ4v) is 2.66. The monoisotopic (exact) mass is 296 g/mol. The van der Waals surface area contributed by atoms with E-state index in [1.165, 1.54) is 6.33 Å². The van der Waals surface area contributed by atoms with Crippen LogP contribution >= 0.6 is 27.5 Å². The molecule has 0 N–H and O–H groups in total. The highest BCUT2D eigenvalue weighted by Crippen LogP contribution is 2.21. The molecule has 1 heterocycles. The Morgan fingerprint density at radius 2 is 2.00 bits per heavy atom. The second-order valence-electron chi connectivity index (χ2n) is 3.33. The maximum Gasteiger partial charge on any atom is 0.140 e. The molecule has 1 aromatic heterocycles. The van der Waals surface area contributed by atoms with E-state index in [4.69, 9.17) is 11.6 Å². The normalized spacial score (nSPS) is 13.8. The van der Waals surface area contributed by atoms with Crippen LogP contribution in [-0.4, -0.2) is 9.97 Å². The fourth-order valence-electron chi connectivity index (χ4n) is 1.70. The number of hydrogen-bond acceptors (Lipinski definition) is 2. The average Bonchev–Trinajstić information content (AvgIpc) is 2.30.